The maximum atomic E-state index is 12.4. The predicted octanol–water partition coefficient (Wildman–Crippen LogP) is -2.16. The third-order valence-corrected chi connectivity index (χ3v) is 3.97. The van der Waals surface area contributed by atoms with Crippen LogP contribution >= 0.6 is 0 Å². The lowest BCUT2D eigenvalue weighted by atomic mass is 10.1. The topological polar surface area (TPSA) is 139 Å². The number of likely N-dealkylation sites (N-methyl/N-ethyl adjacent to an activating group) is 2. The lowest BCUT2D eigenvalue weighted by Crippen LogP contribution is -2.58. The number of amides is 2. The zero-order valence-corrected chi connectivity index (χ0v) is 16.8. The standard InChI is InChI=1S/C18H30N4O6/c1-21(2,9-15(25)11-23)19-17(27)13-5-7-14(8-6-13)18(28)20-22(3,4)10-16(26)12-24/h5-8,15-16,23-26H,9-12H2,1-4H3/p+2. The summed E-state index contributed by atoms with van der Waals surface area (Å²) in [6, 6.07) is 6.04. The van der Waals surface area contributed by atoms with Crippen molar-refractivity contribution in [1.82, 2.24) is 10.9 Å². The molecule has 0 saturated heterocycles. The summed E-state index contributed by atoms with van der Waals surface area (Å²) in [5.41, 5.74) is 6.13. The molecular formula is C18H32N4O6+2. The van der Waals surface area contributed by atoms with Crippen LogP contribution in [-0.2, 0) is 0 Å². The molecule has 2 atom stereocenters. The van der Waals surface area contributed by atoms with Crippen molar-refractivity contribution in [3.05, 3.63) is 35.4 Å². The first-order valence-electron chi connectivity index (χ1n) is 8.88. The number of aliphatic hydroxyl groups excluding tert-OH is 4. The van der Waals surface area contributed by atoms with E-state index in [1.165, 1.54) is 24.3 Å². The molecule has 2 amide bonds. The highest BCUT2D eigenvalue weighted by Crippen LogP contribution is 2.07. The van der Waals surface area contributed by atoms with Crippen LogP contribution in [0.15, 0.2) is 24.3 Å². The van der Waals surface area contributed by atoms with Crippen LogP contribution in [-0.4, -0.2) is 108 Å². The van der Waals surface area contributed by atoms with E-state index in [1.807, 2.05) is 0 Å². The van der Waals surface area contributed by atoms with E-state index in [2.05, 4.69) is 10.9 Å². The molecule has 0 radical (unpaired) electrons. The number of nitrogens with zero attached hydrogens (tertiary/aromatic N) is 2. The molecule has 158 valence electrons. The molecule has 10 heteroatoms. The van der Waals surface area contributed by atoms with Crippen molar-refractivity contribution < 1.29 is 39.2 Å². The molecular weight excluding hydrogens is 368 g/mol. The van der Waals surface area contributed by atoms with E-state index in [0.29, 0.717) is 11.1 Å². The number of aliphatic hydroxyl groups is 4. The van der Waals surface area contributed by atoms with Gasteiger partial charge in [0.05, 0.1) is 41.4 Å². The molecule has 1 aromatic carbocycles. The zero-order chi connectivity index (χ0) is 21.5. The highest BCUT2D eigenvalue weighted by atomic mass is 16.3. The Balaban J connectivity index is 2.74. The summed E-state index contributed by atoms with van der Waals surface area (Å²) >= 11 is 0. The number of nitrogens with one attached hydrogen (secondary N) is 2. The smallest absolute Gasteiger partial charge is 0.295 e. The number of rotatable bonds is 10. The van der Waals surface area contributed by atoms with Gasteiger partial charge in [0.15, 0.2) is 0 Å². The summed E-state index contributed by atoms with van der Waals surface area (Å²) < 4.78 is -0.0523. The number of quaternary nitrogens is 2. The van der Waals surface area contributed by atoms with Gasteiger partial charge in [0.25, 0.3) is 11.8 Å². The fourth-order valence-electron chi connectivity index (χ4n) is 2.71. The Labute approximate surface area is 164 Å². The normalized spacial score (nSPS) is 14.3. The maximum absolute atomic E-state index is 12.4. The number of carbonyl (C=O) groups excluding carboxylic acids is 2. The second-order valence-corrected chi connectivity index (χ2v) is 7.87. The van der Waals surface area contributed by atoms with Gasteiger partial charge in [0.1, 0.15) is 25.3 Å². The van der Waals surface area contributed by atoms with Crippen molar-refractivity contribution >= 4 is 11.8 Å². The highest BCUT2D eigenvalue weighted by molar-refractivity contribution is 5.97. The van der Waals surface area contributed by atoms with Gasteiger partial charge in [-0.2, -0.15) is 10.9 Å². The lowest BCUT2D eigenvalue weighted by Gasteiger charge is -2.31. The fraction of sp³-hybridized carbons (Fsp3) is 0.556. The number of carbonyl (C=O) groups is 2. The molecule has 0 aliphatic rings. The SMILES string of the molecule is C[N+](C)(CC(O)CO)NC(=O)c1ccc(C(=O)N[N+](C)(C)CC(O)CO)cc1. The summed E-state index contributed by atoms with van der Waals surface area (Å²) in [6.45, 7) is -0.526. The maximum Gasteiger partial charge on any atom is 0.295 e. The first kappa shape index (κ1) is 24.0. The second-order valence-electron chi connectivity index (χ2n) is 7.87. The van der Waals surface area contributed by atoms with E-state index in [-0.39, 0.29) is 34.1 Å². The van der Waals surface area contributed by atoms with E-state index in [4.69, 9.17) is 10.2 Å². The number of hydrogen-bond donors (Lipinski definition) is 6. The highest BCUT2D eigenvalue weighted by Gasteiger charge is 2.25. The van der Waals surface area contributed by atoms with Gasteiger partial charge in [-0.1, -0.05) is 0 Å². The summed E-state index contributed by atoms with van der Waals surface area (Å²) in [4.78, 5) is 24.7. The van der Waals surface area contributed by atoms with E-state index < -0.39 is 25.4 Å². The monoisotopic (exact) mass is 400 g/mol. The Bertz CT molecular complexity index is 606. The van der Waals surface area contributed by atoms with E-state index in [0.717, 1.165) is 0 Å². The van der Waals surface area contributed by atoms with Gasteiger partial charge in [-0.15, -0.1) is 0 Å². The minimum Gasteiger partial charge on any atom is -0.393 e. The Morgan fingerprint density at radius 3 is 1.32 bits per heavy atom. The van der Waals surface area contributed by atoms with Crippen molar-refractivity contribution in [3.63, 3.8) is 0 Å². The van der Waals surface area contributed by atoms with Gasteiger partial charge in [-0.25, -0.2) is 9.18 Å². The molecule has 0 heterocycles. The van der Waals surface area contributed by atoms with Gasteiger partial charge >= 0.3 is 0 Å². The van der Waals surface area contributed by atoms with Crippen LogP contribution in [0.1, 0.15) is 20.7 Å². The Hall–Kier alpha value is -2.08. The molecule has 6 N–H and O–H groups in total. The van der Waals surface area contributed by atoms with Gasteiger partial charge < -0.3 is 20.4 Å². The third-order valence-electron chi connectivity index (χ3n) is 3.97. The van der Waals surface area contributed by atoms with Crippen molar-refractivity contribution in [2.45, 2.75) is 12.2 Å². The van der Waals surface area contributed by atoms with Crippen LogP contribution in [0, 0.1) is 0 Å². The lowest BCUT2D eigenvalue weighted by molar-refractivity contribution is -0.927. The largest absolute Gasteiger partial charge is 0.393 e. The average Bonchev–Trinajstić information content (AvgIpc) is 2.59. The Kier molecular flexibility index (Phi) is 8.48. The number of benzene rings is 1. The Morgan fingerprint density at radius 2 is 1.07 bits per heavy atom. The molecule has 0 aromatic heterocycles. The molecule has 1 rings (SSSR count). The molecule has 0 aliphatic heterocycles. The summed E-state index contributed by atoms with van der Waals surface area (Å²) in [5, 5.41) is 37.0. The van der Waals surface area contributed by atoms with Gasteiger partial charge in [-0.3, -0.25) is 9.59 Å². The van der Waals surface area contributed by atoms with Crippen molar-refractivity contribution in [2.75, 3.05) is 54.5 Å². The minimum atomic E-state index is -0.952. The summed E-state index contributed by atoms with van der Waals surface area (Å²) in [5.74, 6) is -0.770. The zero-order valence-electron chi connectivity index (χ0n) is 16.8. The van der Waals surface area contributed by atoms with E-state index in [1.54, 1.807) is 28.2 Å². The molecule has 0 saturated carbocycles. The minimum absolute atomic E-state index is 0.0261. The molecule has 2 unspecified atom stereocenters. The van der Waals surface area contributed by atoms with Crippen molar-refractivity contribution in [1.29, 1.82) is 0 Å². The third kappa shape index (κ3) is 7.89. The molecule has 0 fully saturated rings. The first-order chi connectivity index (χ1) is 12.9. The summed E-state index contributed by atoms with van der Waals surface area (Å²) in [6.07, 6.45) is -1.90. The van der Waals surface area contributed by atoms with Gasteiger partial charge in [0.2, 0.25) is 0 Å². The van der Waals surface area contributed by atoms with E-state index >= 15 is 0 Å². The van der Waals surface area contributed by atoms with Crippen LogP contribution in [0.25, 0.3) is 0 Å². The number of hydrogen-bond acceptors (Lipinski definition) is 6. The fourth-order valence-corrected chi connectivity index (χ4v) is 2.71. The molecule has 1 aromatic rings. The van der Waals surface area contributed by atoms with Gasteiger partial charge in [0, 0.05) is 11.1 Å². The van der Waals surface area contributed by atoms with Crippen LogP contribution in [0.5, 0.6) is 0 Å². The van der Waals surface area contributed by atoms with Crippen LogP contribution < -0.4 is 10.9 Å². The molecule has 0 bridgehead atoms. The average molecular weight is 400 g/mol. The molecule has 0 spiro atoms. The Morgan fingerprint density at radius 1 is 0.786 bits per heavy atom. The summed E-state index contributed by atoms with van der Waals surface area (Å²) in [7, 11) is 6.72. The van der Waals surface area contributed by atoms with Crippen molar-refractivity contribution in [3.8, 4) is 0 Å². The van der Waals surface area contributed by atoms with Crippen LogP contribution in [0.4, 0.5) is 0 Å². The quantitative estimate of drug-likeness (QED) is 0.195. The van der Waals surface area contributed by atoms with Crippen molar-refractivity contribution in [2.24, 2.45) is 0 Å². The molecule has 28 heavy (non-hydrogen) atoms. The second kappa shape index (κ2) is 9.92. The molecule has 0 aliphatic carbocycles. The first-order valence-corrected chi connectivity index (χ1v) is 8.88. The predicted molar refractivity (Wildman–Crippen MR) is 102 cm³/mol. The van der Waals surface area contributed by atoms with Gasteiger partial charge in [-0.05, 0) is 24.3 Å². The van der Waals surface area contributed by atoms with E-state index in [9.17, 15) is 19.8 Å². The van der Waals surface area contributed by atoms with Crippen LogP contribution in [0.3, 0.4) is 0 Å². The van der Waals surface area contributed by atoms with Crippen LogP contribution in [0.2, 0.25) is 0 Å². The molecule has 10 nitrogen and oxygen atoms in total.